The van der Waals surface area contributed by atoms with Gasteiger partial charge in [-0.2, -0.15) is 0 Å². The second kappa shape index (κ2) is 5.13. The Balaban J connectivity index is 5.08. The summed E-state index contributed by atoms with van der Waals surface area (Å²) in [5.74, 6) is 0. The summed E-state index contributed by atoms with van der Waals surface area (Å²) in [5, 5.41) is 0. The molecule has 0 rings (SSSR count). The lowest BCUT2D eigenvalue weighted by molar-refractivity contribution is 0.0110. The minimum atomic E-state index is -2.10. The van der Waals surface area contributed by atoms with Crippen molar-refractivity contribution in [1.29, 1.82) is 0 Å². The van der Waals surface area contributed by atoms with Gasteiger partial charge in [0.1, 0.15) is 0 Å². The summed E-state index contributed by atoms with van der Waals surface area (Å²) in [6, 6.07) is 0. The molecule has 0 amide bonds. The standard InChI is InChI=1S/C13H26O2/c1-9-15-13(6,7)11(3)10(2)12(4,5)14-8/h9H2,1-8H3/b11-10-/i1D3,8D. The van der Waals surface area contributed by atoms with E-state index < -0.39 is 18.1 Å². The summed E-state index contributed by atoms with van der Waals surface area (Å²) in [7, 11) is -0.117. The van der Waals surface area contributed by atoms with Crippen molar-refractivity contribution in [3.05, 3.63) is 11.1 Å². The molecule has 2 nitrogen and oxygen atoms in total. The Labute approximate surface area is 100 Å². The van der Waals surface area contributed by atoms with Crippen molar-refractivity contribution >= 4 is 0 Å². The van der Waals surface area contributed by atoms with Crippen molar-refractivity contribution < 1.29 is 15.0 Å². The van der Waals surface area contributed by atoms with Crippen LogP contribution < -0.4 is 0 Å². The molecule has 0 unspecified atom stereocenters. The van der Waals surface area contributed by atoms with Crippen molar-refractivity contribution in [3.8, 4) is 0 Å². The molecule has 0 spiro atoms. The van der Waals surface area contributed by atoms with Crippen LogP contribution in [0.25, 0.3) is 0 Å². The third-order valence-electron chi connectivity index (χ3n) is 3.16. The summed E-state index contributed by atoms with van der Waals surface area (Å²) in [4.78, 5) is 0. The minimum absolute atomic E-state index is 0.117. The number of rotatable bonds is 5. The van der Waals surface area contributed by atoms with Crippen LogP contribution in [-0.2, 0) is 9.47 Å². The summed E-state index contributed by atoms with van der Waals surface area (Å²) in [6.45, 7) is 8.90. The van der Waals surface area contributed by atoms with Gasteiger partial charge in [0.15, 0.2) is 0 Å². The Morgan fingerprint density at radius 3 is 2.07 bits per heavy atom. The first kappa shape index (κ1) is 8.77. The Hall–Kier alpha value is -0.340. The van der Waals surface area contributed by atoms with Gasteiger partial charge in [-0.1, -0.05) is 0 Å². The van der Waals surface area contributed by atoms with E-state index in [-0.39, 0.29) is 13.7 Å². The molecule has 0 heterocycles. The SMILES string of the molecule is [2H]COC(C)(C)/C(C)=C(/C)C(C)(C)OCC([2H])([2H])[2H]. The van der Waals surface area contributed by atoms with Gasteiger partial charge in [0.05, 0.1) is 12.6 Å². The Kier molecular flexibility index (Phi) is 3.00. The molecular formula is C13H26O2. The summed E-state index contributed by atoms with van der Waals surface area (Å²) >= 11 is 0. The fraction of sp³-hybridized carbons (Fsp3) is 0.846. The van der Waals surface area contributed by atoms with Crippen LogP contribution in [0.2, 0.25) is 0 Å². The van der Waals surface area contributed by atoms with Gasteiger partial charge in [0, 0.05) is 17.8 Å². The van der Waals surface area contributed by atoms with E-state index in [0.717, 1.165) is 11.1 Å². The third-order valence-corrected chi connectivity index (χ3v) is 3.16. The lowest BCUT2D eigenvalue weighted by atomic mass is 9.87. The quantitative estimate of drug-likeness (QED) is 0.657. The molecule has 0 aliphatic carbocycles. The molecule has 0 saturated carbocycles. The Morgan fingerprint density at radius 1 is 1.07 bits per heavy atom. The molecule has 0 aliphatic rings. The molecule has 0 radical (unpaired) electrons. The van der Waals surface area contributed by atoms with E-state index in [0.29, 0.717) is 0 Å². The second-order valence-electron chi connectivity index (χ2n) is 4.70. The summed E-state index contributed by atoms with van der Waals surface area (Å²) in [6.07, 6.45) is 0. The van der Waals surface area contributed by atoms with E-state index in [1.807, 2.05) is 41.5 Å². The first-order chi connectivity index (χ1) is 8.33. The highest BCUT2D eigenvalue weighted by Crippen LogP contribution is 2.30. The minimum Gasteiger partial charge on any atom is -0.374 e. The number of methoxy groups -OCH3 is 1. The molecule has 90 valence electrons. The van der Waals surface area contributed by atoms with Gasteiger partial charge in [0.25, 0.3) is 0 Å². The van der Waals surface area contributed by atoms with Crippen LogP contribution in [-0.4, -0.2) is 24.9 Å². The predicted octanol–water partition coefficient (Wildman–Crippen LogP) is 3.56. The van der Waals surface area contributed by atoms with Crippen molar-refractivity contribution in [1.82, 2.24) is 0 Å². The average Bonchev–Trinajstić information content (AvgIpc) is 2.23. The highest BCUT2D eigenvalue weighted by Gasteiger charge is 2.28. The van der Waals surface area contributed by atoms with Crippen molar-refractivity contribution in [2.24, 2.45) is 0 Å². The van der Waals surface area contributed by atoms with Gasteiger partial charge in [-0.25, -0.2) is 0 Å². The maximum Gasteiger partial charge on any atom is 0.0836 e. The molecule has 0 atom stereocenters. The zero-order valence-electron chi connectivity index (χ0n) is 14.7. The maximum atomic E-state index is 7.19. The van der Waals surface area contributed by atoms with Crippen molar-refractivity contribution in [2.75, 3.05) is 13.7 Å². The molecule has 0 aliphatic heterocycles. The van der Waals surface area contributed by atoms with Crippen LogP contribution in [0.3, 0.4) is 0 Å². The third kappa shape index (κ3) is 3.62. The first-order valence-electron chi connectivity index (χ1n) is 7.30. The molecule has 0 N–H and O–H groups in total. The highest BCUT2D eigenvalue weighted by molar-refractivity contribution is 5.25. The molecule has 0 aromatic carbocycles. The van der Waals surface area contributed by atoms with Gasteiger partial charge in [-0.05, 0) is 59.5 Å². The lowest BCUT2D eigenvalue weighted by Gasteiger charge is -2.33. The number of hydrogen-bond donors (Lipinski definition) is 0. The second-order valence-corrected chi connectivity index (χ2v) is 4.70. The van der Waals surface area contributed by atoms with Gasteiger partial charge in [-0.15, -0.1) is 0 Å². The zero-order valence-corrected chi connectivity index (χ0v) is 10.7. The molecule has 0 aromatic heterocycles. The van der Waals surface area contributed by atoms with E-state index in [2.05, 4.69) is 0 Å². The molecule has 0 aromatic rings. The molecule has 0 bridgehead atoms. The van der Waals surface area contributed by atoms with Crippen LogP contribution in [0, 0.1) is 0 Å². The fourth-order valence-electron chi connectivity index (χ4n) is 1.30. The number of ether oxygens (including phenoxy) is 2. The average molecular weight is 218 g/mol. The van der Waals surface area contributed by atoms with Crippen LogP contribution in [0.1, 0.15) is 53.9 Å². The monoisotopic (exact) mass is 218 g/mol. The fourth-order valence-corrected chi connectivity index (χ4v) is 1.30. The number of hydrogen-bond acceptors (Lipinski definition) is 2. The van der Waals surface area contributed by atoms with Crippen molar-refractivity contribution in [3.63, 3.8) is 0 Å². The molecule has 0 fully saturated rings. The van der Waals surface area contributed by atoms with E-state index in [1.54, 1.807) is 0 Å². The van der Waals surface area contributed by atoms with Crippen LogP contribution in [0.4, 0.5) is 0 Å². The van der Waals surface area contributed by atoms with Crippen LogP contribution in [0.15, 0.2) is 11.1 Å². The highest BCUT2D eigenvalue weighted by atomic mass is 16.5. The van der Waals surface area contributed by atoms with E-state index >= 15 is 0 Å². The first-order valence-corrected chi connectivity index (χ1v) is 5.09. The summed E-state index contributed by atoms with van der Waals surface area (Å²) in [5.41, 5.74) is 0.638. The molecule has 15 heavy (non-hydrogen) atoms. The van der Waals surface area contributed by atoms with Gasteiger partial charge in [-0.3, -0.25) is 0 Å². The molecule has 0 saturated heterocycles. The predicted molar refractivity (Wildman–Crippen MR) is 65.2 cm³/mol. The van der Waals surface area contributed by atoms with Gasteiger partial charge < -0.3 is 9.47 Å². The molecular weight excluding hydrogens is 188 g/mol. The largest absolute Gasteiger partial charge is 0.374 e. The van der Waals surface area contributed by atoms with Gasteiger partial charge >= 0.3 is 0 Å². The van der Waals surface area contributed by atoms with Crippen LogP contribution in [0.5, 0.6) is 0 Å². The van der Waals surface area contributed by atoms with Crippen LogP contribution >= 0.6 is 0 Å². The topological polar surface area (TPSA) is 18.5 Å². The smallest absolute Gasteiger partial charge is 0.0836 e. The normalized spacial score (nSPS) is 19.9. The Bertz CT molecular complexity index is 330. The molecule has 2 heteroatoms. The van der Waals surface area contributed by atoms with Crippen molar-refractivity contribution in [2.45, 2.75) is 59.6 Å². The zero-order chi connectivity index (χ0) is 15.5. The van der Waals surface area contributed by atoms with E-state index in [1.165, 1.54) is 0 Å². The lowest BCUT2D eigenvalue weighted by Crippen LogP contribution is -2.32. The van der Waals surface area contributed by atoms with E-state index in [9.17, 15) is 0 Å². The summed E-state index contributed by atoms with van der Waals surface area (Å²) < 4.78 is 39.7. The van der Waals surface area contributed by atoms with Gasteiger partial charge in [0.2, 0.25) is 0 Å². The van der Waals surface area contributed by atoms with E-state index in [4.69, 9.17) is 15.0 Å². The maximum absolute atomic E-state index is 7.19. The Morgan fingerprint density at radius 2 is 1.60 bits per heavy atom.